The van der Waals surface area contributed by atoms with E-state index in [9.17, 15) is 13.2 Å². The number of sulfonamides is 1. The van der Waals surface area contributed by atoms with Gasteiger partial charge in [0.25, 0.3) is 5.91 Å². The quantitative estimate of drug-likeness (QED) is 0.770. The minimum atomic E-state index is -3.57. The van der Waals surface area contributed by atoms with E-state index >= 15 is 0 Å². The van der Waals surface area contributed by atoms with E-state index in [4.69, 9.17) is 0 Å². The molecule has 2 rings (SSSR count). The van der Waals surface area contributed by atoms with Gasteiger partial charge in [-0.05, 0) is 56.5 Å². The number of benzene rings is 1. The zero-order valence-electron chi connectivity index (χ0n) is 15.3. The summed E-state index contributed by atoms with van der Waals surface area (Å²) in [6.07, 6.45) is 2.22. The van der Waals surface area contributed by atoms with E-state index in [0.29, 0.717) is 31.1 Å². The Bertz CT molecular complexity index is 694. The second-order valence-corrected chi connectivity index (χ2v) is 8.43. The van der Waals surface area contributed by atoms with Crippen LogP contribution in [0.15, 0.2) is 23.1 Å². The van der Waals surface area contributed by atoms with Gasteiger partial charge < -0.3 is 10.6 Å². The van der Waals surface area contributed by atoms with E-state index < -0.39 is 10.0 Å². The Labute approximate surface area is 151 Å². The van der Waals surface area contributed by atoms with Crippen LogP contribution < -0.4 is 10.6 Å². The first-order valence-corrected chi connectivity index (χ1v) is 10.4. The fourth-order valence-electron chi connectivity index (χ4n) is 3.15. The molecule has 1 saturated heterocycles. The first-order valence-electron chi connectivity index (χ1n) is 8.99. The van der Waals surface area contributed by atoms with Gasteiger partial charge in [0, 0.05) is 25.2 Å². The van der Waals surface area contributed by atoms with Crippen molar-refractivity contribution in [1.29, 1.82) is 0 Å². The van der Waals surface area contributed by atoms with Crippen molar-refractivity contribution in [1.82, 2.24) is 14.9 Å². The summed E-state index contributed by atoms with van der Waals surface area (Å²) in [4.78, 5) is 12.7. The highest BCUT2D eigenvalue weighted by molar-refractivity contribution is 7.89. The molecule has 6 nitrogen and oxygen atoms in total. The normalized spacial score (nSPS) is 18.3. The second-order valence-electron chi connectivity index (χ2n) is 6.49. The van der Waals surface area contributed by atoms with Crippen LogP contribution >= 0.6 is 0 Å². The van der Waals surface area contributed by atoms with E-state index in [1.54, 1.807) is 26.0 Å². The zero-order chi connectivity index (χ0) is 18.4. The molecule has 25 heavy (non-hydrogen) atoms. The number of rotatable bonds is 7. The van der Waals surface area contributed by atoms with Crippen LogP contribution in [-0.2, 0) is 10.0 Å². The topological polar surface area (TPSA) is 78.5 Å². The summed E-state index contributed by atoms with van der Waals surface area (Å²) in [6.45, 7) is 8.81. The maximum absolute atomic E-state index is 12.7. The van der Waals surface area contributed by atoms with E-state index in [2.05, 4.69) is 10.6 Å². The highest BCUT2D eigenvalue weighted by Gasteiger charge is 2.23. The number of hydrogen-bond donors (Lipinski definition) is 2. The lowest BCUT2D eigenvalue weighted by molar-refractivity contribution is 0.0944. The molecule has 1 fully saturated rings. The third-order valence-corrected chi connectivity index (χ3v) is 6.79. The third-order valence-electron chi connectivity index (χ3n) is 4.75. The van der Waals surface area contributed by atoms with Gasteiger partial charge in [0.05, 0.1) is 4.90 Å². The van der Waals surface area contributed by atoms with Gasteiger partial charge in [-0.2, -0.15) is 4.31 Å². The van der Waals surface area contributed by atoms with Crippen LogP contribution in [0.25, 0.3) is 0 Å². The molecule has 1 aliphatic heterocycles. The summed E-state index contributed by atoms with van der Waals surface area (Å²) in [5.41, 5.74) is 1.20. The van der Waals surface area contributed by atoms with E-state index in [1.807, 2.05) is 6.92 Å². The molecule has 1 atom stereocenters. The molecule has 1 aromatic carbocycles. The third kappa shape index (κ3) is 4.80. The average Bonchev–Trinajstić information content (AvgIpc) is 2.61. The van der Waals surface area contributed by atoms with Crippen LogP contribution in [0, 0.1) is 12.8 Å². The molecule has 1 aliphatic rings. The molecule has 0 saturated carbocycles. The molecule has 0 bridgehead atoms. The molecule has 0 radical (unpaired) electrons. The van der Waals surface area contributed by atoms with Gasteiger partial charge in [-0.25, -0.2) is 8.42 Å². The van der Waals surface area contributed by atoms with Gasteiger partial charge >= 0.3 is 0 Å². The number of carbonyl (C=O) groups excluding carboxylic acids is 1. The second kappa shape index (κ2) is 8.78. The summed E-state index contributed by atoms with van der Waals surface area (Å²) in [6, 6.07) is 4.77. The molecule has 1 unspecified atom stereocenters. The minimum Gasteiger partial charge on any atom is -0.352 e. The van der Waals surface area contributed by atoms with Crippen molar-refractivity contribution < 1.29 is 13.2 Å². The van der Waals surface area contributed by atoms with Gasteiger partial charge in [-0.1, -0.05) is 19.9 Å². The van der Waals surface area contributed by atoms with Crippen LogP contribution in [0.5, 0.6) is 0 Å². The highest BCUT2D eigenvalue weighted by Crippen LogP contribution is 2.20. The van der Waals surface area contributed by atoms with Crippen LogP contribution in [0.1, 0.15) is 42.6 Å². The molecular formula is C18H29N3O3S. The summed E-state index contributed by atoms with van der Waals surface area (Å²) in [7, 11) is -3.57. The number of piperidine rings is 1. The van der Waals surface area contributed by atoms with Crippen molar-refractivity contribution in [3.05, 3.63) is 29.3 Å². The number of hydrogen-bond acceptors (Lipinski definition) is 4. The Morgan fingerprint density at radius 3 is 2.64 bits per heavy atom. The first kappa shape index (κ1) is 19.9. The Balaban J connectivity index is 2.16. The van der Waals surface area contributed by atoms with Gasteiger partial charge in [0.2, 0.25) is 10.0 Å². The monoisotopic (exact) mass is 367 g/mol. The number of aryl methyl sites for hydroxylation is 1. The molecule has 140 valence electrons. The van der Waals surface area contributed by atoms with Crippen LogP contribution in [-0.4, -0.2) is 51.4 Å². The predicted molar refractivity (Wildman–Crippen MR) is 99.2 cm³/mol. The minimum absolute atomic E-state index is 0.172. The number of carbonyl (C=O) groups is 1. The van der Waals surface area contributed by atoms with Gasteiger partial charge in [-0.3, -0.25) is 4.79 Å². The first-order chi connectivity index (χ1) is 11.9. The molecule has 0 aliphatic carbocycles. The summed E-state index contributed by atoms with van der Waals surface area (Å²) >= 11 is 0. The maximum Gasteiger partial charge on any atom is 0.251 e. The molecule has 7 heteroatoms. The lowest BCUT2D eigenvalue weighted by Crippen LogP contribution is -2.38. The smallest absolute Gasteiger partial charge is 0.251 e. The van der Waals surface area contributed by atoms with Gasteiger partial charge in [0.15, 0.2) is 0 Å². The van der Waals surface area contributed by atoms with E-state index in [-0.39, 0.29) is 10.8 Å². The molecule has 1 aromatic rings. The number of amides is 1. The standard InChI is InChI=1S/C18H29N3O3S/c1-4-21(5-2)25(23,24)16-9-8-14(3)17(11-16)18(22)20-13-15-7-6-10-19-12-15/h8-9,11,15,19H,4-7,10,12-13H2,1-3H3,(H,20,22). The van der Waals surface area contributed by atoms with Gasteiger partial charge in [0.1, 0.15) is 0 Å². The van der Waals surface area contributed by atoms with Crippen molar-refractivity contribution >= 4 is 15.9 Å². The Morgan fingerprint density at radius 1 is 1.32 bits per heavy atom. The van der Waals surface area contributed by atoms with Crippen molar-refractivity contribution in [2.24, 2.45) is 5.92 Å². The average molecular weight is 368 g/mol. The maximum atomic E-state index is 12.7. The SMILES string of the molecule is CCN(CC)S(=O)(=O)c1ccc(C)c(C(=O)NCC2CCCNC2)c1. The molecule has 0 aromatic heterocycles. The highest BCUT2D eigenvalue weighted by atomic mass is 32.2. The molecule has 1 amide bonds. The molecule has 2 N–H and O–H groups in total. The lowest BCUT2D eigenvalue weighted by atomic mass is 9.99. The largest absolute Gasteiger partial charge is 0.352 e. The fourth-order valence-corrected chi connectivity index (χ4v) is 4.63. The molecule has 1 heterocycles. The summed E-state index contributed by atoms with van der Waals surface area (Å²) in [5.74, 6) is 0.222. The van der Waals surface area contributed by atoms with Crippen molar-refractivity contribution in [3.8, 4) is 0 Å². The van der Waals surface area contributed by atoms with Crippen molar-refractivity contribution in [2.75, 3.05) is 32.7 Å². The Hall–Kier alpha value is -1.44. The summed E-state index contributed by atoms with van der Waals surface area (Å²) < 4.78 is 26.7. The summed E-state index contributed by atoms with van der Waals surface area (Å²) in [5, 5.41) is 6.29. The Kier molecular flexibility index (Phi) is 6.98. The van der Waals surface area contributed by atoms with Crippen molar-refractivity contribution in [2.45, 2.75) is 38.5 Å². The lowest BCUT2D eigenvalue weighted by Gasteiger charge is -2.23. The van der Waals surface area contributed by atoms with Crippen LogP contribution in [0.4, 0.5) is 0 Å². The molecule has 0 spiro atoms. The van der Waals surface area contributed by atoms with Crippen LogP contribution in [0.3, 0.4) is 0 Å². The Morgan fingerprint density at radius 2 is 2.04 bits per heavy atom. The van der Waals surface area contributed by atoms with Gasteiger partial charge in [-0.15, -0.1) is 0 Å². The predicted octanol–water partition coefficient (Wildman–Crippen LogP) is 1.75. The number of nitrogens with zero attached hydrogens (tertiary/aromatic N) is 1. The van der Waals surface area contributed by atoms with Crippen LogP contribution in [0.2, 0.25) is 0 Å². The number of nitrogens with one attached hydrogen (secondary N) is 2. The zero-order valence-corrected chi connectivity index (χ0v) is 16.2. The van der Waals surface area contributed by atoms with Crippen molar-refractivity contribution in [3.63, 3.8) is 0 Å². The van der Waals surface area contributed by atoms with E-state index in [0.717, 1.165) is 31.5 Å². The van der Waals surface area contributed by atoms with E-state index in [1.165, 1.54) is 10.4 Å². The molecular weight excluding hydrogens is 338 g/mol. The fraction of sp³-hybridized carbons (Fsp3) is 0.611.